The van der Waals surface area contributed by atoms with Gasteiger partial charge < -0.3 is 9.47 Å². The Morgan fingerprint density at radius 2 is 1.12 bits per heavy atom. The lowest BCUT2D eigenvalue weighted by Gasteiger charge is -2.43. The van der Waals surface area contributed by atoms with Crippen LogP contribution >= 0.6 is 0 Å². The highest BCUT2D eigenvalue weighted by Crippen LogP contribution is 2.54. The average Bonchev–Trinajstić information content (AvgIpc) is 3.04. The maximum atomic E-state index is 7.07. The molecule has 1 spiro atoms. The van der Waals surface area contributed by atoms with E-state index in [-0.39, 0.29) is 5.92 Å². The lowest BCUT2D eigenvalue weighted by molar-refractivity contribution is -0.150. The van der Waals surface area contributed by atoms with Gasteiger partial charge in [0.25, 0.3) is 5.79 Å². The Kier molecular flexibility index (Phi) is 4.41. The van der Waals surface area contributed by atoms with Gasteiger partial charge in [-0.05, 0) is 52.1 Å². The van der Waals surface area contributed by atoms with Crippen molar-refractivity contribution in [2.24, 2.45) is 0 Å². The van der Waals surface area contributed by atoms with Crippen LogP contribution in [0.5, 0.6) is 11.5 Å². The summed E-state index contributed by atoms with van der Waals surface area (Å²) in [6.45, 7) is 0. The van der Waals surface area contributed by atoms with E-state index in [4.69, 9.17) is 9.47 Å². The molecule has 2 aliphatic rings. The van der Waals surface area contributed by atoms with Gasteiger partial charge in [-0.1, -0.05) is 97.4 Å². The molecule has 1 unspecified atom stereocenters. The third-order valence-corrected chi connectivity index (χ3v) is 7.60. The van der Waals surface area contributed by atoms with Crippen LogP contribution in [0.25, 0.3) is 32.7 Å². The van der Waals surface area contributed by atoms with Crippen molar-refractivity contribution >= 4 is 21.5 Å². The molecule has 1 atom stereocenters. The van der Waals surface area contributed by atoms with Crippen LogP contribution in [0.15, 0.2) is 103 Å². The van der Waals surface area contributed by atoms with Crippen molar-refractivity contribution in [1.82, 2.24) is 0 Å². The second-order valence-electron chi connectivity index (χ2n) is 9.54. The Morgan fingerprint density at radius 1 is 0.559 bits per heavy atom. The van der Waals surface area contributed by atoms with Gasteiger partial charge in [-0.3, -0.25) is 0 Å². The van der Waals surface area contributed by atoms with Crippen LogP contribution in [0.1, 0.15) is 37.2 Å². The zero-order chi connectivity index (χ0) is 22.5. The quantitative estimate of drug-likeness (QED) is 0.259. The second-order valence-corrected chi connectivity index (χ2v) is 9.54. The molecule has 1 aliphatic carbocycles. The van der Waals surface area contributed by atoms with Gasteiger partial charge >= 0.3 is 0 Å². The number of hydrogen-bond donors (Lipinski definition) is 0. The molecule has 1 heterocycles. The van der Waals surface area contributed by atoms with Gasteiger partial charge in [0, 0.05) is 17.5 Å². The van der Waals surface area contributed by atoms with Crippen LogP contribution in [-0.2, 0) is 0 Å². The van der Waals surface area contributed by atoms with E-state index in [1.807, 2.05) is 0 Å². The molecular weight excluding hydrogens is 416 g/mol. The van der Waals surface area contributed by atoms with E-state index >= 15 is 0 Å². The van der Waals surface area contributed by atoms with Gasteiger partial charge in [0.05, 0.1) is 5.92 Å². The molecule has 5 aromatic carbocycles. The fourth-order valence-electron chi connectivity index (χ4n) is 6.05. The molecule has 1 aliphatic heterocycles. The minimum atomic E-state index is -0.732. The molecule has 0 amide bonds. The fraction of sp³-hybridized carbons (Fsp3) is 0.188. The van der Waals surface area contributed by atoms with E-state index in [0.717, 1.165) is 41.9 Å². The van der Waals surface area contributed by atoms with Gasteiger partial charge in [-0.25, -0.2) is 0 Å². The smallest absolute Gasteiger partial charge is 0.258 e. The molecule has 34 heavy (non-hydrogen) atoms. The zero-order valence-electron chi connectivity index (χ0n) is 19.0. The normalized spacial score (nSPS) is 18.5. The summed E-state index contributed by atoms with van der Waals surface area (Å²) >= 11 is 0. The van der Waals surface area contributed by atoms with E-state index in [2.05, 4.69) is 103 Å². The molecule has 0 aromatic heterocycles. The van der Waals surface area contributed by atoms with Crippen LogP contribution in [0.2, 0.25) is 0 Å². The first-order chi connectivity index (χ1) is 16.8. The first-order valence-corrected chi connectivity index (χ1v) is 12.3. The summed E-state index contributed by atoms with van der Waals surface area (Å²) in [7, 11) is 0. The van der Waals surface area contributed by atoms with Crippen LogP contribution in [0, 0.1) is 0 Å². The third kappa shape index (κ3) is 2.95. The molecule has 5 aromatic rings. The molecule has 0 saturated heterocycles. The first kappa shape index (κ1) is 19.7. The highest BCUT2D eigenvalue weighted by molar-refractivity contribution is 6.10. The van der Waals surface area contributed by atoms with E-state index < -0.39 is 5.79 Å². The van der Waals surface area contributed by atoms with Crippen molar-refractivity contribution in [3.05, 3.63) is 109 Å². The van der Waals surface area contributed by atoms with Crippen LogP contribution in [0.4, 0.5) is 0 Å². The van der Waals surface area contributed by atoms with Gasteiger partial charge in [-0.15, -0.1) is 0 Å². The van der Waals surface area contributed by atoms with Crippen LogP contribution in [-0.4, -0.2) is 5.79 Å². The minimum Gasteiger partial charge on any atom is -0.451 e. The standard InChI is InChI=1S/C32H26O2/c1-2-12-24(13-3-1)27-16-8-9-21-32(27)33-28-19-17-22-10-4-6-14-25(22)30(28)31-26-15-7-5-11-23(26)18-20-29(31)34-32/h1-7,10-15,17-20,27H,8-9,16,21H2. The molecule has 1 fully saturated rings. The van der Waals surface area contributed by atoms with Gasteiger partial charge in [0.15, 0.2) is 0 Å². The van der Waals surface area contributed by atoms with Gasteiger partial charge in [0.1, 0.15) is 11.5 Å². The Bertz CT molecular complexity index is 1430. The molecule has 166 valence electrons. The monoisotopic (exact) mass is 442 g/mol. The molecule has 0 N–H and O–H groups in total. The highest BCUT2D eigenvalue weighted by atomic mass is 16.7. The maximum absolute atomic E-state index is 7.07. The summed E-state index contributed by atoms with van der Waals surface area (Å²) in [4.78, 5) is 0. The number of fused-ring (bicyclic) bond motifs is 7. The number of ether oxygens (including phenoxy) is 2. The van der Waals surface area contributed by atoms with Crippen molar-refractivity contribution in [3.8, 4) is 22.6 Å². The topological polar surface area (TPSA) is 18.5 Å². The first-order valence-electron chi connectivity index (χ1n) is 12.3. The summed E-state index contributed by atoms with van der Waals surface area (Å²) < 4.78 is 14.1. The van der Waals surface area contributed by atoms with E-state index in [1.165, 1.54) is 33.5 Å². The Balaban J connectivity index is 1.55. The van der Waals surface area contributed by atoms with Crippen molar-refractivity contribution in [2.75, 3.05) is 0 Å². The highest BCUT2D eigenvalue weighted by Gasteiger charge is 2.48. The maximum Gasteiger partial charge on any atom is 0.258 e. The Morgan fingerprint density at radius 3 is 1.74 bits per heavy atom. The van der Waals surface area contributed by atoms with Gasteiger partial charge in [0.2, 0.25) is 0 Å². The van der Waals surface area contributed by atoms with Crippen molar-refractivity contribution in [1.29, 1.82) is 0 Å². The molecule has 1 saturated carbocycles. The number of rotatable bonds is 1. The van der Waals surface area contributed by atoms with Crippen molar-refractivity contribution < 1.29 is 9.47 Å². The molecule has 2 heteroatoms. The summed E-state index contributed by atoms with van der Waals surface area (Å²) in [6, 6.07) is 36.6. The van der Waals surface area contributed by atoms with Gasteiger partial charge in [-0.2, -0.15) is 0 Å². The van der Waals surface area contributed by atoms with Crippen molar-refractivity contribution in [2.45, 2.75) is 37.4 Å². The van der Waals surface area contributed by atoms with Crippen molar-refractivity contribution in [3.63, 3.8) is 0 Å². The van der Waals surface area contributed by atoms with E-state index in [0.29, 0.717) is 0 Å². The molecule has 7 rings (SSSR count). The summed E-state index contributed by atoms with van der Waals surface area (Å²) in [5.74, 6) is 1.26. The number of hydrogen-bond acceptors (Lipinski definition) is 2. The lowest BCUT2D eigenvalue weighted by Crippen LogP contribution is -2.49. The van der Waals surface area contributed by atoms with E-state index in [1.54, 1.807) is 0 Å². The molecule has 0 radical (unpaired) electrons. The SMILES string of the molecule is c1ccc(C2CCCCC23Oc2ccc4ccccc4c2-c2c(ccc4ccccc24)O3)cc1. The molecule has 2 nitrogen and oxygen atoms in total. The minimum absolute atomic E-state index is 0.166. The third-order valence-electron chi connectivity index (χ3n) is 7.60. The summed E-state index contributed by atoms with van der Waals surface area (Å²) in [5.41, 5.74) is 3.56. The van der Waals surface area contributed by atoms with Crippen LogP contribution < -0.4 is 9.47 Å². The zero-order valence-corrected chi connectivity index (χ0v) is 19.0. The Labute approximate surface area is 199 Å². The summed E-state index contributed by atoms with van der Waals surface area (Å²) in [5, 5.41) is 4.82. The molecular formula is C32H26O2. The predicted molar refractivity (Wildman–Crippen MR) is 139 cm³/mol. The van der Waals surface area contributed by atoms with Crippen LogP contribution in [0.3, 0.4) is 0 Å². The fourth-order valence-corrected chi connectivity index (χ4v) is 6.05. The number of benzene rings is 5. The molecule has 0 bridgehead atoms. The Hall–Kier alpha value is -3.78. The average molecular weight is 443 g/mol. The second kappa shape index (κ2) is 7.63. The summed E-state index contributed by atoms with van der Waals surface area (Å²) in [6.07, 6.45) is 4.19. The predicted octanol–water partition coefficient (Wildman–Crippen LogP) is 8.49. The largest absolute Gasteiger partial charge is 0.451 e. The van der Waals surface area contributed by atoms with E-state index in [9.17, 15) is 0 Å². The lowest BCUT2D eigenvalue weighted by atomic mass is 9.78.